The van der Waals surface area contributed by atoms with Crippen LogP contribution in [0.1, 0.15) is 33.3 Å². The van der Waals surface area contributed by atoms with Crippen LogP contribution in [0.2, 0.25) is 0 Å². The molecule has 0 saturated carbocycles. The SMILES string of the molecule is CC.CC.[NH-]CC(=O)Nc1ccc(CO)cc1.[Rb+]. The van der Waals surface area contributed by atoms with E-state index in [9.17, 15) is 4.79 Å². The number of benzene rings is 1. The van der Waals surface area contributed by atoms with E-state index in [4.69, 9.17) is 10.8 Å². The van der Waals surface area contributed by atoms with Crippen LogP contribution in [0.3, 0.4) is 0 Å². The molecule has 18 heavy (non-hydrogen) atoms. The van der Waals surface area contributed by atoms with Gasteiger partial charge in [0.2, 0.25) is 5.91 Å². The fourth-order valence-corrected chi connectivity index (χ4v) is 0.899. The summed E-state index contributed by atoms with van der Waals surface area (Å²) in [5.74, 6) is -0.336. The van der Waals surface area contributed by atoms with Gasteiger partial charge in [-0.15, -0.1) is 0 Å². The zero-order valence-corrected chi connectivity index (χ0v) is 17.0. The molecule has 4 nitrogen and oxygen atoms in total. The Morgan fingerprint density at radius 1 is 1.17 bits per heavy atom. The fourth-order valence-electron chi connectivity index (χ4n) is 0.899. The summed E-state index contributed by atoms with van der Waals surface area (Å²) < 4.78 is 0. The van der Waals surface area contributed by atoms with E-state index in [2.05, 4.69) is 5.32 Å². The fraction of sp³-hybridized carbons (Fsp3) is 0.462. The molecule has 0 atom stereocenters. The zero-order valence-electron chi connectivity index (χ0n) is 12.1. The molecule has 0 aliphatic carbocycles. The van der Waals surface area contributed by atoms with E-state index in [1.807, 2.05) is 27.7 Å². The number of rotatable bonds is 3. The monoisotopic (exact) mass is 324 g/mol. The Labute approximate surface area is 159 Å². The van der Waals surface area contributed by atoms with Gasteiger partial charge in [-0.25, -0.2) is 0 Å². The Kier molecular flexibility index (Phi) is 22.7. The summed E-state index contributed by atoms with van der Waals surface area (Å²) in [6.45, 7) is 7.72. The Morgan fingerprint density at radius 2 is 1.61 bits per heavy atom. The first kappa shape index (κ1) is 23.5. The van der Waals surface area contributed by atoms with Crippen LogP contribution in [0.25, 0.3) is 5.73 Å². The van der Waals surface area contributed by atoms with Gasteiger partial charge in [0.15, 0.2) is 0 Å². The van der Waals surface area contributed by atoms with Crippen molar-refractivity contribution < 1.29 is 68.1 Å². The molecule has 0 heterocycles. The summed E-state index contributed by atoms with van der Waals surface area (Å²) in [7, 11) is 0. The largest absolute Gasteiger partial charge is 1.00 e. The number of carbonyl (C=O) groups is 1. The maximum absolute atomic E-state index is 10.8. The minimum Gasteiger partial charge on any atom is -0.670 e. The van der Waals surface area contributed by atoms with Gasteiger partial charge in [-0.1, -0.05) is 46.4 Å². The number of hydrogen-bond acceptors (Lipinski definition) is 2. The van der Waals surface area contributed by atoms with Crippen LogP contribution in [0.15, 0.2) is 24.3 Å². The van der Waals surface area contributed by atoms with Gasteiger partial charge < -0.3 is 16.2 Å². The molecule has 0 unspecified atom stereocenters. The molecule has 1 amide bonds. The first-order valence-electron chi connectivity index (χ1n) is 5.90. The molecule has 1 aromatic rings. The Bertz CT molecular complexity index is 290. The molecule has 98 valence electrons. The summed E-state index contributed by atoms with van der Waals surface area (Å²) in [5, 5.41) is 11.3. The second-order valence-corrected chi connectivity index (χ2v) is 2.58. The van der Waals surface area contributed by atoms with E-state index in [0.29, 0.717) is 5.69 Å². The minimum atomic E-state index is -0.336. The standard InChI is InChI=1S/C9H11N2O2.2C2H6.Rb/c10-5-9(13)11-8-3-1-7(6-12)2-4-8;2*1-2;/h1-4,10,12H,5-6H2,(H,11,13);2*1-2H3;/q-1;;;+1. The van der Waals surface area contributed by atoms with Gasteiger partial charge in [-0.3, -0.25) is 4.79 Å². The van der Waals surface area contributed by atoms with E-state index in [0.717, 1.165) is 5.56 Å². The average molecular weight is 325 g/mol. The number of nitrogens with one attached hydrogen (secondary N) is 2. The van der Waals surface area contributed by atoms with Crippen molar-refractivity contribution in [1.29, 1.82) is 0 Å². The summed E-state index contributed by atoms with van der Waals surface area (Å²) in [6, 6.07) is 6.83. The Balaban J connectivity index is -0.000000409. The van der Waals surface area contributed by atoms with Crippen LogP contribution in [0, 0.1) is 0 Å². The normalized spacial score (nSPS) is 7.67. The maximum atomic E-state index is 10.8. The van der Waals surface area contributed by atoms with E-state index in [1.165, 1.54) is 0 Å². The minimum absolute atomic E-state index is 0. The molecule has 0 fully saturated rings. The molecule has 0 spiro atoms. The van der Waals surface area contributed by atoms with E-state index in [1.54, 1.807) is 24.3 Å². The second-order valence-electron chi connectivity index (χ2n) is 2.58. The maximum Gasteiger partial charge on any atom is 1.00 e. The molecule has 0 aliphatic heterocycles. The van der Waals surface area contributed by atoms with E-state index >= 15 is 0 Å². The van der Waals surface area contributed by atoms with Gasteiger partial charge in [0.05, 0.1) is 6.61 Å². The molecule has 0 bridgehead atoms. The number of aliphatic hydroxyl groups is 1. The quantitative estimate of drug-likeness (QED) is 0.835. The third-order valence-electron chi connectivity index (χ3n) is 1.58. The summed E-state index contributed by atoms with van der Waals surface area (Å²) in [4.78, 5) is 10.8. The smallest absolute Gasteiger partial charge is 0.670 e. The summed E-state index contributed by atoms with van der Waals surface area (Å²) >= 11 is 0. The van der Waals surface area contributed by atoms with Crippen molar-refractivity contribution in [3.8, 4) is 0 Å². The molecular formula is C13H23N2O2Rb. The first-order chi connectivity index (χ1) is 8.26. The molecule has 0 aromatic heterocycles. The number of amides is 1. The third-order valence-corrected chi connectivity index (χ3v) is 1.58. The van der Waals surface area contributed by atoms with Crippen molar-refractivity contribution in [3.05, 3.63) is 35.6 Å². The van der Waals surface area contributed by atoms with Crippen LogP contribution in [0.5, 0.6) is 0 Å². The number of anilines is 1. The first-order valence-corrected chi connectivity index (χ1v) is 5.90. The molecule has 5 heteroatoms. The van der Waals surface area contributed by atoms with E-state index in [-0.39, 0.29) is 77.2 Å². The molecule has 0 radical (unpaired) electrons. The van der Waals surface area contributed by atoms with Crippen LogP contribution >= 0.6 is 0 Å². The second kappa shape index (κ2) is 17.4. The van der Waals surface area contributed by atoms with Crippen molar-refractivity contribution in [1.82, 2.24) is 0 Å². The Hall–Kier alpha value is 0.415. The Morgan fingerprint density at radius 3 is 1.94 bits per heavy atom. The molecule has 1 rings (SSSR count). The van der Waals surface area contributed by atoms with Gasteiger partial charge in [0, 0.05) is 5.69 Å². The van der Waals surface area contributed by atoms with Crippen LogP contribution in [0.4, 0.5) is 5.69 Å². The topological polar surface area (TPSA) is 73.1 Å². The predicted octanol–water partition coefficient (Wildman–Crippen LogP) is 0.226. The van der Waals surface area contributed by atoms with Crippen molar-refractivity contribution in [3.63, 3.8) is 0 Å². The third kappa shape index (κ3) is 11.5. The summed E-state index contributed by atoms with van der Waals surface area (Å²) in [6.07, 6.45) is 0. The summed E-state index contributed by atoms with van der Waals surface area (Å²) in [5.41, 5.74) is 8.23. The molecular weight excluding hydrogens is 302 g/mol. The van der Waals surface area contributed by atoms with Crippen LogP contribution in [-0.4, -0.2) is 17.6 Å². The van der Waals surface area contributed by atoms with Crippen molar-refractivity contribution >= 4 is 11.6 Å². The number of carbonyl (C=O) groups excluding carboxylic acids is 1. The average Bonchev–Trinajstić information content (AvgIpc) is 2.44. The van der Waals surface area contributed by atoms with Crippen LogP contribution in [-0.2, 0) is 11.4 Å². The van der Waals surface area contributed by atoms with Gasteiger partial charge in [-0.05, 0) is 17.7 Å². The van der Waals surface area contributed by atoms with Crippen LogP contribution < -0.4 is 63.5 Å². The number of aliphatic hydroxyl groups excluding tert-OH is 1. The molecule has 0 aliphatic rings. The van der Waals surface area contributed by atoms with Crippen molar-refractivity contribution in [2.45, 2.75) is 34.3 Å². The molecule has 1 aromatic carbocycles. The van der Waals surface area contributed by atoms with Gasteiger partial charge >= 0.3 is 58.2 Å². The van der Waals surface area contributed by atoms with Gasteiger partial charge in [0.1, 0.15) is 0 Å². The van der Waals surface area contributed by atoms with E-state index < -0.39 is 0 Å². The predicted molar refractivity (Wildman–Crippen MR) is 72.9 cm³/mol. The van der Waals surface area contributed by atoms with Gasteiger partial charge in [-0.2, -0.15) is 0 Å². The molecule has 3 N–H and O–H groups in total. The van der Waals surface area contributed by atoms with Crippen molar-refractivity contribution in [2.75, 3.05) is 11.9 Å². The zero-order chi connectivity index (χ0) is 13.7. The number of hydrogen-bond donors (Lipinski definition) is 2. The van der Waals surface area contributed by atoms with Gasteiger partial charge in [0.25, 0.3) is 0 Å². The van der Waals surface area contributed by atoms with Crippen molar-refractivity contribution in [2.24, 2.45) is 0 Å². The molecule has 0 saturated heterocycles.